The van der Waals surface area contributed by atoms with Crippen molar-refractivity contribution in [1.82, 2.24) is 0 Å². The van der Waals surface area contributed by atoms with E-state index in [1.165, 1.54) is 12.0 Å². The summed E-state index contributed by atoms with van der Waals surface area (Å²) in [5, 5.41) is 0. The lowest BCUT2D eigenvalue weighted by atomic mass is 9.67. The minimum Gasteiger partial charge on any atom is -0.497 e. The third-order valence-electron chi connectivity index (χ3n) is 6.72. The molecule has 1 heterocycles. The highest BCUT2D eigenvalue weighted by Gasteiger charge is 2.63. The topological polar surface area (TPSA) is 40.2 Å². The van der Waals surface area contributed by atoms with Gasteiger partial charge in [-0.3, -0.25) is 0 Å². The van der Waals surface area contributed by atoms with Gasteiger partial charge in [0.15, 0.2) is 0 Å². The zero-order valence-electron chi connectivity index (χ0n) is 18.9. The van der Waals surface area contributed by atoms with Gasteiger partial charge in [-0.15, -0.1) is 0 Å². The minimum atomic E-state index is -0.0704. The molecule has 1 saturated heterocycles. The maximum absolute atomic E-state index is 6.41. The van der Waals surface area contributed by atoms with Crippen LogP contribution in [0.1, 0.15) is 52.5 Å². The molecule has 1 aromatic rings. The van der Waals surface area contributed by atoms with Crippen molar-refractivity contribution in [2.24, 2.45) is 17.8 Å². The molecule has 0 N–H and O–H groups in total. The lowest BCUT2D eigenvalue weighted by Gasteiger charge is -2.45. The van der Waals surface area contributed by atoms with Crippen LogP contribution in [0.5, 0.6) is 5.75 Å². The molecule has 1 aromatic carbocycles. The summed E-state index contributed by atoms with van der Waals surface area (Å²) in [5.74, 6) is 2.29. The van der Waals surface area contributed by atoms with Crippen molar-refractivity contribution in [2.75, 3.05) is 20.8 Å². The number of rotatable bonds is 9. The van der Waals surface area contributed by atoms with E-state index in [1.807, 2.05) is 19.2 Å². The summed E-state index contributed by atoms with van der Waals surface area (Å²) >= 11 is 0. The summed E-state index contributed by atoms with van der Waals surface area (Å²) in [6.45, 7) is 10.5. The molecule has 162 valence electrons. The van der Waals surface area contributed by atoms with Crippen molar-refractivity contribution < 1.29 is 18.9 Å². The summed E-state index contributed by atoms with van der Waals surface area (Å²) in [6.07, 6.45) is 5.76. The molecule has 5 atom stereocenters. The van der Waals surface area contributed by atoms with E-state index in [9.17, 15) is 0 Å². The molecule has 0 radical (unpaired) electrons. The highest BCUT2D eigenvalue weighted by Crippen LogP contribution is 2.53. The normalized spacial score (nSPS) is 32.0. The largest absolute Gasteiger partial charge is 0.497 e. The van der Waals surface area contributed by atoms with Crippen molar-refractivity contribution in [3.05, 3.63) is 41.5 Å². The van der Waals surface area contributed by atoms with Crippen LogP contribution < -0.4 is 4.74 Å². The Kier molecular flexibility index (Phi) is 7.42. The SMILES string of the molecule is COc1ccc(CO[C@@H]2C[C@@H](C)[C@]3(CO3)[C@@H](C(C)=CCCC(C)C)[C@@H]2OC)cc1. The molecule has 1 aliphatic heterocycles. The molecular weight excluding hydrogens is 364 g/mol. The molecule has 0 aromatic heterocycles. The van der Waals surface area contributed by atoms with Crippen LogP contribution in [-0.4, -0.2) is 38.6 Å². The molecule has 0 amide bonds. The fraction of sp³-hybridized carbons (Fsp3) is 0.680. The van der Waals surface area contributed by atoms with Gasteiger partial charge in [0.1, 0.15) is 11.4 Å². The van der Waals surface area contributed by atoms with Gasteiger partial charge < -0.3 is 18.9 Å². The first-order valence-electron chi connectivity index (χ1n) is 11.0. The molecule has 4 heteroatoms. The Hall–Kier alpha value is -1.36. The Bertz CT molecular complexity index is 675. The molecule has 1 spiro atoms. The highest BCUT2D eigenvalue weighted by atomic mass is 16.6. The van der Waals surface area contributed by atoms with Crippen LogP contribution in [0.4, 0.5) is 0 Å². The molecule has 2 aliphatic rings. The van der Waals surface area contributed by atoms with Crippen LogP contribution >= 0.6 is 0 Å². The first-order chi connectivity index (χ1) is 13.9. The van der Waals surface area contributed by atoms with Crippen LogP contribution in [0.25, 0.3) is 0 Å². The van der Waals surface area contributed by atoms with Gasteiger partial charge >= 0.3 is 0 Å². The molecule has 0 unspecified atom stereocenters. The average Bonchev–Trinajstić information content (AvgIpc) is 3.49. The van der Waals surface area contributed by atoms with E-state index >= 15 is 0 Å². The van der Waals surface area contributed by atoms with Gasteiger partial charge in [0.25, 0.3) is 0 Å². The lowest BCUT2D eigenvalue weighted by molar-refractivity contribution is -0.134. The molecule has 1 saturated carbocycles. The number of methoxy groups -OCH3 is 2. The summed E-state index contributed by atoms with van der Waals surface area (Å²) in [7, 11) is 3.50. The number of hydrogen-bond acceptors (Lipinski definition) is 4. The van der Waals surface area contributed by atoms with E-state index in [0.29, 0.717) is 18.4 Å². The van der Waals surface area contributed by atoms with E-state index in [2.05, 4.69) is 45.9 Å². The zero-order chi connectivity index (χ0) is 21.0. The van der Waals surface area contributed by atoms with Gasteiger partial charge in [-0.1, -0.05) is 44.6 Å². The Morgan fingerprint density at radius 1 is 1.24 bits per heavy atom. The standard InChI is InChI=1S/C25H38O4/c1-17(2)8-7-9-18(3)23-24(27-6)22(14-19(4)25(23)16-29-25)28-15-20-10-12-21(26-5)13-11-20/h9-13,17,19,22-24H,7-8,14-16H2,1-6H3/t19-,22-,23+,24-,25-/m1/s1. The summed E-state index contributed by atoms with van der Waals surface area (Å²) < 4.78 is 23.8. The fourth-order valence-electron chi connectivity index (χ4n) is 4.82. The van der Waals surface area contributed by atoms with E-state index < -0.39 is 0 Å². The number of hydrogen-bond donors (Lipinski definition) is 0. The Morgan fingerprint density at radius 2 is 1.93 bits per heavy atom. The lowest BCUT2D eigenvalue weighted by Crippen LogP contribution is -2.53. The maximum Gasteiger partial charge on any atom is 0.118 e. The Morgan fingerprint density at radius 3 is 2.48 bits per heavy atom. The monoisotopic (exact) mass is 402 g/mol. The summed E-state index contributed by atoms with van der Waals surface area (Å²) in [5.41, 5.74) is 2.47. The summed E-state index contributed by atoms with van der Waals surface area (Å²) in [4.78, 5) is 0. The molecule has 29 heavy (non-hydrogen) atoms. The Labute approximate surface area is 176 Å². The Balaban J connectivity index is 1.72. The van der Waals surface area contributed by atoms with Gasteiger partial charge in [0.05, 0.1) is 32.5 Å². The highest BCUT2D eigenvalue weighted by molar-refractivity contribution is 5.27. The van der Waals surface area contributed by atoms with Gasteiger partial charge in [0.2, 0.25) is 0 Å². The maximum atomic E-state index is 6.41. The number of allylic oxidation sites excluding steroid dienone is 1. The first kappa shape index (κ1) is 22.3. The molecule has 3 rings (SSSR count). The molecule has 4 nitrogen and oxygen atoms in total. The average molecular weight is 403 g/mol. The minimum absolute atomic E-state index is 0.0160. The molecular formula is C25H38O4. The van der Waals surface area contributed by atoms with Gasteiger partial charge in [0, 0.05) is 13.0 Å². The van der Waals surface area contributed by atoms with E-state index in [0.717, 1.165) is 30.8 Å². The van der Waals surface area contributed by atoms with Crippen molar-refractivity contribution in [1.29, 1.82) is 0 Å². The number of epoxide rings is 1. The number of benzene rings is 1. The van der Waals surface area contributed by atoms with Crippen molar-refractivity contribution in [2.45, 2.75) is 71.4 Å². The second-order valence-electron chi connectivity index (χ2n) is 9.18. The second kappa shape index (κ2) is 9.63. The van der Waals surface area contributed by atoms with Crippen molar-refractivity contribution >= 4 is 0 Å². The predicted molar refractivity (Wildman–Crippen MR) is 116 cm³/mol. The quantitative estimate of drug-likeness (QED) is 0.409. The van der Waals surface area contributed by atoms with Gasteiger partial charge in [-0.2, -0.15) is 0 Å². The van der Waals surface area contributed by atoms with Crippen LogP contribution in [0.15, 0.2) is 35.9 Å². The third kappa shape index (κ3) is 5.04. The van der Waals surface area contributed by atoms with Gasteiger partial charge in [-0.05, 0) is 55.7 Å². The van der Waals surface area contributed by atoms with Crippen LogP contribution in [0.2, 0.25) is 0 Å². The number of ether oxygens (including phenoxy) is 4. The smallest absolute Gasteiger partial charge is 0.118 e. The fourth-order valence-corrected chi connectivity index (χ4v) is 4.82. The zero-order valence-corrected chi connectivity index (χ0v) is 18.9. The predicted octanol–water partition coefficient (Wildman–Crippen LogP) is 5.40. The van der Waals surface area contributed by atoms with Crippen LogP contribution in [0, 0.1) is 17.8 Å². The molecule has 0 bridgehead atoms. The van der Waals surface area contributed by atoms with Crippen LogP contribution in [0.3, 0.4) is 0 Å². The first-order valence-corrected chi connectivity index (χ1v) is 11.0. The van der Waals surface area contributed by atoms with Crippen molar-refractivity contribution in [3.8, 4) is 5.75 Å². The third-order valence-corrected chi connectivity index (χ3v) is 6.72. The summed E-state index contributed by atoms with van der Waals surface area (Å²) in [6, 6.07) is 8.08. The molecule has 2 fully saturated rings. The van der Waals surface area contributed by atoms with E-state index in [-0.39, 0.29) is 23.7 Å². The van der Waals surface area contributed by atoms with E-state index in [4.69, 9.17) is 18.9 Å². The van der Waals surface area contributed by atoms with E-state index in [1.54, 1.807) is 7.11 Å². The molecule has 1 aliphatic carbocycles. The van der Waals surface area contributed by atoms with Gasteiger partial charge in [-0.25, -0.2) is 0 Å². The van der Waals surface area contributed by atoms with Crippen LogP contribution in [-0.2, 0) is 20.8 Å². The van der Waals surface area contributed by atoms with Crippen molar-refractivity contribution in [3.63, 3.8) is 0 Å². The second-order valence-corrected chi connectivity index (χ2v) is 9.18.